The number of carbonyl (C=O) groups excluding carboxylic acids is 3. The maximum Gasteiger partial charge on any atom is 0.338 e. The zero-order valence-electron chi connectivity index (χ0n) is 18.6. The van der Waals surface area contributed by atoms with Crippen molar-refractivity contribution < 1.29 is 28.6 Å². The van der Waals surface area contributed by atoms with E-state index in [1.54, 1.807) is 50.4 Å². The minimum atomic E-state index is -0.711. The Bertz CT molecular complexity index is 1070. The Balaban J connectivity index is 1.91. The van der Waals surface area contributed by atoms with Gasteiger partial charge in [-0.3, -0.25) is 14.5 Å². The third-order valence-electron chi connectivity index (χ3n) is 4.85. The second-order valence-electron chi connectivity index (χ2n) is 7.04. The fourth-order valence-electron chi connectivity index (χ4n) is 3.17. The highest BCUT2D eigenvalue weighted by atomic mass is 32.2. The summed E-state index contributed by atoms with van der Waals surface area (Å²) in [6.45, 7) is 2.23. The number of benzene rings is 2. The van der Waals surface area contributed by atoms with Gasteiger partial charge in [-0.15, -0.1) is 0 Å². The molecule has 2 aromatic rings. The van der Waals surface area contributed by atoms with Crippen molar-refractivity contribution in [1.82, 2.24) is 4.90 Å². The molecular formula is C23H25N3O6S. The van der Waals surface area contributed by atoms with E-state index in [0.717, 1.165) is 17.3 Å². The van der Waals surface area contributed by atoms with Crippen LogP contribution in [-0.2, 0) is 20.9 Å². The molecule has 1 fully saturated rings. The standard InChI is InChI=1S/C23H25N3O6S/c1-4-32-22(29)15-6-8-16(9-7-15)25-23-26(20(27)12-19(33-23)21(24)28)13-14-5-10-17(30-2)18(11-14)31-3/h5-11,19H,4,12-13H2,1-3H3,(H2,24,28)/t19-/m1/s1. The Kier molecular flexibility index (Phi) is 7.94. The van der Waals surface area contributed by atoms with Crippen molar-refractivity contribution >= 4 is 40.4 Å². The monoisotopic (exact) mass is 471 g/mol. The summed E-state index contributed by atoms with van der Waals surface area (Å²) in [5.74, 6) is -0.165. The van der Waals surface area contributed by atoms with E-state index in [2.05, 4.69) is 4.99 Å². The highest BCUT2D eigenvalue weighted by Crippen LogP contribution is 2.32. The lowest BCUT2D eigenvalue weighted by atomic mass is 10.1. The van der Waals surface area contributed by atoms with Gasteiger partial charge in [0.2, 0.25) is 11.8 Å². The van der Waals surface area contributed by atoms with Crippen molar-refractivity contribution in [2.45, 2.75) is 25.1 Å². The van der Waals surface area contributed by atoms with Crippen LogP contribution in [0.4, 0.5) is 5.69 Å². The van der Waals surface area contributed by atoms with Gasteiger partial charge < -0.3 is 19.9 Å². The number of thioether (sulfide) groups is 1. The molecule has 1 atom stereocenters. The third-order valence-corrected chi connectivity index (χ3v) is 6.05. The lowest BCUT2D eigenvalue weighted by Crippen LogP contribution is -2.45. The zero-order chi connectivity index (χ0) is 24.0. The van der Waals surface area contributed by atoms with E-state index in [4.69, 9.17) is 19.9 Å². The van der Waals surface area contributed by atoms with Gasteiger partial charge in [0.05, 0.1) is 43.9 Å². The van der Waals surface area contributed by atoms with Crippen molar-refractivity contribution in [3.05, 3.63) is 53.6 Å². The Hall–Kier alpha value is -3.53. The highest BCUT2D eigenvalue weighted by Gasteiger charge is 2.35. The molecule has 2 aromatic carbocycles. The molecular weight excluding hydrogens is 446 g/mol. The molecule has 0 aromatic heterocycles. The van der Waals surface area contributed by atoms with Gasteiger partial charge in [0.1, 0.15) is 0 Å². The van der Waals surface area contributed by atoms with Crippen molar-refractivity contribution in [2.24, 2.45) is 10.7 Å². The molecule has 33 heavy (non-hydrogen) atoms. The number of nitrogens with zero attached hydrogens (tertiary/aromatic N) is 2. The molecule has 2 N–H and O–H groups in total. The first-order chi connectivity index (χ1) is 15.9. The number of nitrogens with two attached hydrogens (primary N) is 1. The van der Waals surface area contributed by atoms with Crippen molar-refractivity contribution in [3.63, 3.8) is 0 Å². The van der Waals surface area contributed by atoms with Gasteiger partial charge in [-0.05, 0) is 48.9 Å². The number of hydrogen-bond donors (Lipinski definition) is 1. The molecule has 0 spiro atoms. The average Bonchev–Trinajstić information content (AvgIpc) is 2.81. The lowest BCUT2D eigenvalue weighted by molar-refractivity contribution is -0.130. The second kappa shape index (κ2) is 10.9. The maximum absolute atomic E-state index is 12.9. The Morgan fingerprint density at radius 1 is 1.12 bits per heavy atom. The first-order valence-electron chi connectivity index (χ1n) is 10.2. The fraction of sp³-hybridized carbons (Fsp3) is 0.304. The van der Waals surface area contributed by atoms with E-state index in [1.807, 2.05) is 6.07 Å². The Morgan fingerprint density at radius 2 is 1.82 bits per heavy atom. The Labute approximate surface area is 195 Å². The average molecular weight is 472 g/mol. The molecule has 0 unspecified atom stereocenters. The molecule has 174 valence electrons. The number of amides is 2. The van der Waals surface area contributed by atoms with Crippen LogP contribution in [0.5, 0.6) is 11.5 Å². The highest BCUT2D eigenvalue weighted by molar-refractivity contribution is 8.15. The van der Waals surface area contributed by atoms with E-state index in [1.165, 1.54) is 12.0 Å². The quantitative estimate of drug-likeness (QED) is 0.588. The number of primary amides is 1. The zero-order valence-corrected chi connectivity index (χ0v) is 19.4. The third kappa shape index (κ3) is 5.83. The first kappa shape index (κ1) is 24.1. The summed E-state index contributed by atoms with van der Waals surface area (Å²) in [4.78, 5) is 42.7. The van der Waals surface area contributed by atoms with Crippen LogP contribution in [0.1, 0.15) is 29.3 Å². The fourth-order valence-corrected chi connectivity index (χ4v) is 4.22. The topological polar surface area (TPSA) is 121 Å². The van der Waals surface area contributed by atoms with Crippen molar-refractivity contribution in [1.29, 1.82) is 0 Å². The van der Waals surface area contributed by atoms with Crippen LogP contribution < -0.4 is 15.2 Å². The molecule has 0 bridgehead atoms. The summed E-state index contributed by atoms with van der Waals surface area (Å²) in [5.41, 5.74) is 7.17. The van der Waals surface area contributed by atoms with Crippen LogP contribution in [0.2, 0.25) is 0 Å². The number of aliphatic imine (C=N–C) groups is 1. The van der Waals surface area contributed by atoms with Crippen molar-refractivity contribution in [3.8, 4) is 11.5 Å². The molecule has 10 heteroatoms. The number of carbonyl (C=O) groups is 3. The largest absolute Gasteiger partial charge is 0.493 e. The number of ether oxygens (including phenoxy) is 3. The van der Waals surface area contributed by atoms with E-state index < -0.39 is 17.1 Å². The Morgan fingerprint density at radius 3 is 2.42 bits per heavy atom. The first-order valence-corrected chi connectivity index (χ1v) is 11.1. The molecule has 0 aliphatic carbocycles. The van der Waals surface area contributed by atoms with Gasteiger partial charge in [0.25, 0.3) is 0 Å². The molecule has 1 aliphatic heterocycles. The van der Waals surface area contributed by atoms with Gasteiger partial charge in [-0.1, -0.05) is 17.8 Å². The maximum atomic E-state index is 12.9. The molecule has 2 amide bonds. The molecule has 1 heterocycles. The smallest absolute Gasteiger partial charge is 0.338 e. The van der Waals surface area contributed by atoms with E-state index in [-0.39, 0.29) is 25.5 Å². The van der Waals surface area contributed by atoms with Gasteiger partial charge in [-0.25, -0.2) is 9.79 Å². The summed E-state index contributed by atoms with van der Waals surface area (Å²) >= 11 is 1.13. The number of esters is 1. The van der Waals surface area contributed by atoms with Crippen molar-refractivity contribution in [2.75, 3.05) is 20.8 Å². The van der Waals surface area contributed by atoms with Crippen LogP contribution in [-0.4, -0.2) is 53.9 Å². The number of methoxy groups -OCH3 is 2. The predicted octanol–water partition coefficient (Wildman–Crippen LogP) is 2.89. The molecule has 3 rings (SSSR count). The van der Waals surface area contributed by atoms with Crippen LogP contribution in [0.25, 0.3) is 0 Å². The van der Waals surface area contributed by atoms with Crippen LogP contribution in [0.15, 0.2) is 47.5 Å². The van der Waals surface area contributed by atoms with Gasteiger partial charge >= 0.3 is 5.97 Å². The van der Waals surface area contributed by atoms with Gasteiger partial charge in [0.15, 0.2) is 16.7 Å². The van der Waals surface area contributed by atoms with Gasteiger partial charge in [0, 0.05) is 6.42 Å². The number of hydrogen-bond acceptors (Lipinski definition) is 8. The summed E-state index contributed by atoms with van der Waals surface area (Å²) in [5, 5.41) is -0.370. The van der Waals surface area contributed by atoms with Crippen LogP contribution in [0.3, 0.4) is 0 Å². The molecule has 1 aliphatic rings. The van der Waals surface area contributed by atoms with E-state index >= 15 is 0 Å². The van der Waals surface area contributed by atoms with E-state index in [0.29, 0.717) is 27.9 Å². The van der Waals surface area contributed by atoms with Crippen LogP contribution >= 0.6 is 11.8 Å². The van der Waals surface area contributed by atoms with E-state index in [9.17, 15) is 14.4 Å². The minimum Gasteiger partial charge on any atom is -0.493 e. The second-order valence-corrected chi connectivity index (χ2v) is 8.21. The minimum absolute atomic E-state index is 0.0197. The van der Waals surface area contributed by atoms with Gasteiger partial charge in [-0.2, -0.15) is 0 Å². The predicted molar refractivity (Wildman–Crippen MR) is 125 cm³/mol. The summed E-state index contributed by atoms with van der Waals surface area (Å²) in [6.07, 6.45) is -0.0197. The summed E-state index contributed by atoms with van der Waals surface area (Å²) in [7, 11) is 3.08. The SMILES string of the molecule is CCOC(=O)c1ccc(N=C2S[C@@H](C(N)=O)CC(=O)N2Cc2ccc(OC)c(OC)c2)cc1. The molecule has 9 nitrogen and oxygen atoms in total. The normalized spacial score (nSPS) is 17.1. The summed E-state index contributed by atoms with van der Waals surface area (Å²) in [6, 6.07) is 11.8. The number of amidine groups is 1. The van der Waals surface area contributed by atoms with Crippen LogP contribution in [0, 0.1) is 0 Å². The molecule has 1 saturated heterocycles. The number of rotatable bonds is 8. The molecule has 0 saturated carbocycles. The summed E-state index contributed by atoms with van der Waals surface area (Å²) < 4.78 is 15.6. The molecule has 0 radical (unpaired) electrons. The lowest BCUT2D eigenvalue weighted by Gasteiger charge is -2.31.